The quantitative estimate of drug-likeness (QED) is 0.579. The van der Waals surface area contributed by atoms with Crippen LogP contribution >= 0.6 is 22.6 Å². The summed E-state index contributed by atoms with van der Waals surface area (Å²) in [5.74, 6) is 0.516. The number of halogens is 1. The van der Waals surface area contributed by atoms with Gasteiger partial charge in [0.15, 0.2) is 0 Å². The Labute approximate surface area is 93.8 Å². The van der Waals surface area contributed by atoms with Crippen molar-refractivity contribution in [1.82, 2.24) is 0 Å². The molecule has 0 saturated carbocycles. The Morgan fingerprint density at radius 3 is 2.46 bits per heavy atom. The van der Waals surface area contributed by atoms with E-state index in [0.717, 1.165) is 19.6 Å². The van der Waals surface area contributed by atoms with Crippen molar-refractivity contribution < 1.29 is 4.74 Å². The molecule has 0 bridgehead atoms. The van der Waals surface area contributed by atoms with Gasteiger partial charge in [-0.2, -0.15) is 5.26 Å². The van der Waals surface area contributed by atoms with Crippen LogP contribution in [0.3, 0.4) is 0 Å². The lowest BCUT2D eigenvalue weighted by Crippen LogP contribution is -2.42. The van der Waals surface area contributed by atoms with Gasteiger partial charge in [0, 0.05) is 15.9 Å². The average molecular weight is 293 g/mol. The highest BCUT2D eigenvalue weighted by atomic mass is 127. The summed E-state index contributed by atoms with van der Waals surface area (Å²) in [4.78, 5) is 0. The zero-order chi connectivity index (χ0) is 10.1. The molecular weight excluding hydrogens is 277 g/mol. The van der Waals surface area contributed by atoms with Crippen LogP contribution in [0.25, 0.3) is 0 Å². The lowest BCUT2D eigenvalue weighted by Gasteiger charge is -2.38. The van der Waals surface area contributed by atoms with Gasteiger partial charge in [-0.3, -0.25) is 0 Å². The lowest BCUT2D eigenvalue weighted by molar-refractivity contribution is 0.167. The molecule has 13 heavy (non-hydrogen) atoms. The molecule has 1 aliphatic heterocycles. The molecule has 0 amide bonds. The van der Waals surface area contributed by atoms with Gasteiger partial charge in [-0.05, 0) is 27.2 Å². The fourth-order valence-electron chi connectivity index (χ4n) is 1.58. The van der Waals surface area contributed by atoms with E-state index < -0.39 is 0 Å². The maximum atomic E-state index is 9.09. The Hall–Kier alpha value is 0.180. The van der Waals surface area contributed by atoms with Gasteiger partial charge in [-0.15, -0.1) is 0 Å². The van der Waals surface area contributed by atoms with Crippen molar-refractivity contribution in [3.05, 3.63) is 0 Å². The van der Waals surface area contributed by atoms with E-state index in [1.165, 1.54) is 0 Å². The second-order valence-electron chi connectivity index (χ2n) is 4.37. The summed E-state index contributed by atoms with van der Waals surface area (Å²) in [5, 5.41) is 9.09. The maximum absolute atomic E-state index is 9.09. The fraction of sp³-hybridized carbons (Fsp3) is 0.900. The largest absolute Gasteiger partial charge is 0.381 e. The van der Waals surface area contributed by atoms with Crippen LogP contribution in [0.2, 0.25) is 0 Å². The first-order valence-corrected chi connectivity index (χ1v) is 5.67. The highest BCUT2D eigenvalue weighted by Gasteiger charge is 2.46. The zero-order valence-electron chi connectivity index (χ0n) is 8.43. The molecule has 1 unspecified atom stereocenters. The molecule has 1 aliphatic rings. The molecule has 0 aromatic heterocycles. The van der Waals surface area contributed by atoms with Crippen molar-refractivity contribution in [3.8, 4) is 6.07 Å². The zero-order valence-corrected chi connectivity index (χ0v) is 10.6. The van der Waals surface area contributed by atoms with Crippen LogP contribution in [0.5, 0.6) is 0 Å². The topological polar surface area (TPSA) is 33.0 Å². The molecule has 0 spiro atoms. The molecule has 74 valence electrons. The predicted molar refractivity (Wildman–Crippen MR) is 60.7 cm³/mol. The van der Waals surface area contributed by atoms with Crippen LogP contribution in [-0.2, 0) is 4.74 Å². The molecule has 0 radical (unpaired) electrons. The lowest BCUT2D eigenvalue weighted by atomic mass is 9.73. The highest BCUT2D eigenvalue weighted by Crippen LogP contribution is 2.46. The molecule has 3 heteroatoms. The van der Waals surface area contributed by atoms with Gasteiger partial charge in [0.2, 0.25) is 0 Å². The molecular formula is C10H16INO. The molecule has 1 fully saturated rings. The van der Waals surface area contributed by atoms with E-state index in [1.54, 1.807) is 0 Å². The third-order valence-electron chi connectivity index (χ3n) is 3.20. The number of alkyl halides is 1. The standard InChI is InChI=1S/C10H16INO/c1-9(2,7-12)10(3,11)8-4-5-13-6-8/h8H,4-6H2,1-3H3/t8?,10-/m0/s1. The molecule has 2 atom stereocenters. The van der Waals surface area contributed by atoms with Crippen LogP contribution in [0.15, 0.2) is 0 Å². The summed E-state index contributed by atoms with van der Waals surface area (Å²) >= 11 is 2.42. The maximum Gasteiger partial charge on any atom is 0.0697 e. The Kier molecular flexibility index (Phi) is 3.24. The van der Waals surface area contributed by atoms with Crippen LogP contribution in [0, 0.1) is 22.7 Å². The fourth-order valence-corrected chi connectivity index (χ4v) is 2.19. The SMILES string of the molecule is CC(C)(C#N)[C@@](C)(I)C1CCOC1. The Balaban J connectivity index is 2.81. The van der Waals surface area contributed by atoms with E-state index in [4.69, 9.17) is 10.00 Å². The summed E-state index contributed by atoms with van der Waals surface area (Å²) in [7, 11) is 0. The molecule has 0 N–H and O–H groups in total. The van der Waals surface area contributed by atoms with Gasteiger partial charge in [0.1, 0.15) is 0 Å². The molecule has 1 rings (SSSR count). The van der Waals surface area contributed by atoms with Crippen LogP contribution in [0.1, 0.15) is 27.2 Å². The first-order valence-electron chi connectivity index (χ1n) is 4.60. The Bertz CT molecular complexity index is 224. The van der Waals surface area contributed by atoms with E-state index in [-0.39, 0.29) is 8.84 Å². The molecule has 0 aliphatic carbocycles. The molecule has 1 heterocycles. The minimum absolute atomic E-state index is 0.00993. The molecule has 0 aromatic rings. The van der Waals surface area contributed by atoms with Crippen LogP contribution in [0.4, 0.5) is 0 Å². The first kappa shape index (κ1) is 11.3. The number of ether oxygens (including phenoxy) is 1. The molecule has 1 saturated heterocycles. The summed E-state index contributed by atoms with van der Waals surface area (Å²) in [6.07, 6.45) is 1.09. The van der Waals surface area contributed by atoms with E-state index >= 15 is 0 Å². The number of hydrogen-bond donors (Lipinski definition) is 0. The summed E-state index contributed by atoms with van der Waals surface area (Å²) in [5.41, 5.74) is -0.286. The number of hydrogen-bond acceptors (Lipinski definition) is 2. The van der Waals surface area contributed by atoms with Gasteiger partial charge in [0.05, 0.1) is 18.1 Å². The summed E-state index contributed by atoms with van der Waals surface area (Å²) in [6, 6.07) is 2.40. The third kappa shape index (κ3) is 1.99. The summed E-state index contributed by atoms with van der Waals surface area (Å²) in [6.45, 7) is 7.85. The van der Waals surface area contributed by atoms with Crippen LogP contribution in [-0.4, -0.2) is 16.6 Å². The van der Waals surface area contributed by atoms with E-state index in [9.17, 15) is 0 Å². The van der Waals surface area contributed by atoms with Crippen molar-refractivity contribution in [1.29, 1.82) is 5.26 Å². The molecule has 0 aromatic carbocycles. The number of nitrogens with zero attached hydrogens (tertiary/aromatic N) is 1. The van der Waals surface area contributed by atoms with Crippen molar-refractivity contribution >= 4 is 22.6 Å². The van der Waals surface area contributed by atoms with Gasteiger partial charge in [-0.1, -0.05) is 22.6 Å². The monoisotopic (exact) mass is 293 g/mol. The Morgan fingerprint density at radius 2 is 2.08 bits per heavy atom. The highest BCUT2D eigenvalue weighted by molar-refractivity contribution is 14.1. The van der Waals surface area contributed by atoms with Gasteiger partial charge >= 0.3 is 0 Å². The normalized spacial score (nSPS) is 28.1. The minimum atomic E-state index is -0.286. The van der Waals surface area contributed by atoms with E-state index in [1.807, 2.05) is 13.8 Å². The predicted octanol–water partition coefficient (Wildman–Crippen LogP) is 2.77. The number of rotatable bonds is 2. The first-order chi connectivity index (χ1) is 5.92. The van der Waals surface area contributed by atoms with E-state index in [0.29, 0.717) is 5.92 Å². The van der Waals surface area contributed by atoms with Crippen LogP contribution < -0.4 is 0 Å². The second kappa shape index (κ2) is 3.74. The molecule has 2 nitrogen and oxygen atoms in total. The number of nitriles is 1. The average Bonchev–Trinajstić information content (AvgIpc) is 2.56. The van der Waals surface area contributed by atoms with Gasteiger partial charge < -0.3 is 4.74 Å². The van der Waals surface area contributed by atoms with Gasteiger partial charge in [0.25, 0.3) is 0 Å². The second-order valence-corrected chi connectivity index (χ2v) is 6.61. The minimum Gasteiger partial charge on any atom is -0.381 e. The Morgan fingerprint density at radius 1 is 1.46 bits per heavy atom. The van der Waals surface area contributed by atoms with Gasteiger partial charge in [-0.25, -0.2) is 0 Å². The van der Waals surface area contributed by atoms with Crippen molar-refractivity contribution in [3.63, 3.8) is 0 Å². The third-order valence-corrected chi connectivity index (χ3v) is 5.43. The smallest absolute Gasteiger partial charge is 0.0697 e. The van der Waals surface area contributed by atoms with E-state index in [2.05, 4.69) is 35.6 Å². The van der Waals surface area contributed by atoms with Crippen molar-refractivity contribution in [2.45, 2.75) is 30.6 Å². The van der Waals surface area contributed by atoms with Crippen molar-refractivity contribution in [2.75, 3.05) is 13.2 Å². The summed E-state index contributed by atoms with van der Waals surface area (Å²) < 4.78 is 5.38. The van der Waals surface area contributed by atoms with Crippen molar-refractivity contribution in [2.24, 2.45) is 11.3 Å².